The lowest BCUT2D eigenvalue weighted by Gasteiger charge is -2.24. The van der Waals surface area contributed by atoms with Crippen molar-refractivity contribution in [1.29, 1.82) is 0 Å². The Hall–Kier alpha value is -2.34. The number of esters is 1. The highest BCUT2D eigenvalue weighted by atomic mass is 32.1. The lowest BCUT2D eigenvalue weighted by atomic mass is 9.92. The van der Waals surface area contributed by atoms with Crippen LogP contribution in [0.25, 0.3) is 0 Å². The molecule has 114 valence electrons. The Balaban J connectivity index is 1.82. The van der Waals surface area contributed by atoms with Crippen LogP contribution in [0.4, 0.5) is 5.00 Å². The van der Waals surface area contributed by atoms with Crippen molar-refractivity contribution in [3.05, 3.63) is 46.8 Å². The van der Waals surface area contributed by atoms with E-state index >= 15 is 0 Å². The fourth-order valence-corrected chi connectivity index (χ4v) is 3.27. The molecule has 0 aliphatic carbocycles. The zero-order chi connectivity index (χ0) is 15.5. The third-order valence-electron chi connectivity index (χ3n) is 3.58. The number of benzene rings is 1. The number of hydrogen-bond donors (Lipinski definition) is 1. The average Bonchev–Trinajstić information content (AvgIpc) is 3.01. The molecule has 2 heterocycles. The quantitative estimate of drug-likeness (QED) is 0.884. The number of carbonyl (C=O) groups is 2. The molecule has 0 unspecified atom stereocenters. The SMILES string of the molecule is COC(=O)c1ccsc1NC(=O)[C@H]1CCOc2ccccc21. The highest BCUT2D eigenvalue weighted by molar-refractivity contribution is 7.14. The zero-order valence-corrected chi connectivity index (χ0v) is 12.8. The Labute approximate surface area is 131 Å². The number of rotatable bonds is 3. The predicted molar refractivity (Wildman–Crippen MR) is 83.6 cm³/mol. The molecule has 1 N–H and O–H groups in total. The van der Waals surface area contributed by atoms with Crippen molar-refractivity contribution in [2.75, 3.05) is 19.0 Å². The number of fused-ring (bicyclic) bond motifs is 1. The van der Waals surface area contributed by atoms with E-state index in [2.05, 4.69) is 5.32 Å². The second-order valence-electron chi connectivity index (χ2n) is 4.87. The summed E-state index contributed by atoms with van der Waals surface area (Å²) in [4.78, 5) is 24.2. The minimum Gasteiger partial charge on any atom is -0.493 e. The summed E-state index contributed by atoms with van der Waals surface area (Å²) >= 11 is 1.30. The molecule has 22 heavy (non-hydrogen) atoms. The van der Waals surface area contributed by atoms with E-state index in [0.29, 0.717) is 23.6 Å². The Bertz CT molecular complexity index is 710. The molecule has 1 aromatic carbocycles. The van der Waals surface area contributed by atoms with E-state index in [4.69, 9.17) is 9.47 Å². The molecule has 0 saturated heterocycles. The molecule has 1 aliphatic rings. The van der Waals surface area contributed by atoms with Crippen LogP contribution in [0.3, 0.4) is 0 Å². The number of thiophene rings is 1. The van der Waals surface area contributed by atoms with Crippen LogP contribution < -0.4 is 10.1 Å². The van der Waals surface area contributed by atoms with Gasteiger partial charge in [-0.1, -0.05) is 18.2 Å². The number of nitrogens with one attached hydrogen (secondary N) is 1. The number of carbonyl (C=O) groups excluding carboxylic acids is 2. The average molecular weight is 317 g/mol. The molecular formula is C16H15NO4S. The zero-order valence-electron chi connectivity index (χ0n) is 12.0. The fraction of sp³-hybridized carbons (Fsp3) is 0.250. The largest absolute Gasteiger partial charge is 0.493 e. The van der Waals surface area contributed by atoms with E-state index in [0.717, 1.165) is 11.3 Å². The Kier molecular flexibility index (Phi) is 4.11. The highest BCUT2D eigenvalue weighted by Crippen LogP contribution is 2.35. The van der Waals surface area contributed by atoms with Gasteiger partial charge in [-0.2, -0.15) is 0 Å². The maximum absolute atomic E-state index is 12.6. The van der Waals surface area contributed by atoms with Crippen molar-refractivity contribution in [1.82, 2.24) is 0 Å². The van der Waals surface area contributed by atoms with E-state index in [1.54, 1.807) is 11.4 Å². The summed E-state index contributed by atoms with van der Waals surface area (Å²) in [5.74, 6) is -0.127. The first-order valence-corrected chi connectivity index (χ1v) is 7.77. The van der Waals surface area contributed by atoms with E-state index in [-0.39, 0.29) is 11.8 Å². The van der Waals surface area contributed by atoms with Gasteiger partial charge in [0.15, 0.2) is 0 Å². The van der Waals surface area contributed by atoms with E-state index in [1.807, 2.05) is 24.3 Å². The molecule has 1 aromatic heterocycles. The first-order valence-electron chi connectivity index (χ1n) is 6.89. The molecule has 2 aromatic rings. The minimum absolute atomic E-state index is 0.136. The van der Waals surface area contributed by atoms with Gasteiger partial charge in [-0.3, -0.25) is 4.79 Å². The second-order valence-corrected chi connectivity index (χ2v) is 5.79. The Morgan fingerprint density at radius 2 is 2.14 bits per heavy atom. The fourth-order valence-electron chi connectivity index (χ4n) is 2.49. The third-order valence-corrected chi connectivity index (χ3v) is 4.41. The van der Waals surface area contributed by atoms with Gasteiger partial charge < -0.3 is 14.8 Å². The molecule has 0 fully saturated rings. The number of methoxy groups -OCH3 is 1. The molecule has 1 atom stereocenters. The standard InChI is InChI=1S/C16H15NO4S/c1-20-16(19)12-7-9-22-15(12)17-14(18)11-6-8-21-13-5-3-2-4-10(11)13/h2-5,7,9,11H,6,8H2,1H3,(H,17,18)/t11-/m0/s1. The molecule has 1 aliphatic heterocycles. The maximum atomic E-state index is 12.6. The van der Waals surface area contributed by atoms with Crippen LogP contribution in [-0.4, -0.2) is 25.6 Å². The molecule has 6 heteroatoms. The summed E-state index contributed by atoms with van der Waals surface area (Å²) in [5, 5.41) is 5.10. The first-order chi connectivity index (χ1) is 10.7. The Morgan fingerprint density at radius 3 is 2.95 bits per heavy atom. The lowest BCUT2D eigenvalue weighted by Crippen LogP contribution is -2.26. The summed E-state index contributed by atoms with van der Waals surface area (Å²) < 4.78 is 10.3. The van der Waals surface area contributed by atoms with Crippen LogP contribution in [-0.2, 0) is 9.53 Å². The van der Waals surface area contributed by atoms with Crippen LogP contribution in [0.1, 0.15) is 28.3 Å². The number of anilines is 1. The highest BCUT2D eigenvalue weighted by Gasteiger charge is 2.28. The van der Waals surface area contributed by atoms with Crippen LogP contribution in [0.2, 0.25) is 0 Å². The molecule has 1 amide bonds. The molecule has 0 spiro atoms. The summed E-state index contributed by atoms with van der Waals surface area (Å²) in [5.41, 5.74) is 1.25. The summed E-state index contributed by atoms with van der Waals surface area (Å²) in [7, 11) is 1.32. The number of para-hydroxylation sites is 1. The van der Waals surface area contributed by atoms with Crippen LogP contribution in [0, 0.1) is 0 Å². The van der Waals surface area contributed by atoms with Crippen molar-refractivity contribution >= 4 is 28.2 Å². The van der Waals surface area contributed by atoms with Crippen molar-refractivity contribution in [2.24, 2.45) is 0 Å². The lowest BCUT2D eigenvalue weighted by molar-refractivity contribution is -0.118. The number of hydrogen-bond acceptors (Lipinski definition) is 5. The third kappa shape index (κ3) is 2.69. The molecule has 0 radical (unpaired) electrons. The summed E-state index contributed by atoms with van der Waals surface area (Å²) in [6.45, 7) is 0.503. The predicted octanol–water partition coefficient (Wildman–Crippen LogP) is 3.04. The Morgan fingerprint density at radius 1 is 1.32 bits per heavy atom. The van der Waals surface area contributed by atoms with Crippen molar-refractivity contribution in [3.63, 3.8) is 0 Å². The van der Waals surface area contributed by atoms with Gasteiger partial charge in [-0.15, -0.1) is 11.3 Å². The smallest absolute Gasteiger partial charge is 0.340 e. The number of amides is 1. The normalized spacial score (nSPS) is 16.3. The molecule has 0 saturated carbocycles. The molecule has 0 bridgehead atoms. The summed E-state index contributed by atoms with van der Waals surface area (Å²) in [6.07, 6.45) is 0.613. The van der Waals surface area contributed by atoms with Crippen LogP contribution >= 0.6 is 11.3 Å². The minimum atomic E-state index is -0.455. The molecular weight excluding hydrogens is 302 g/mol. The summed E-state index contributed by atoms with van der Waals surface area (Å²) in [6, 6.07) is 9.17. The monoisotopic (exact) mass is 317 g/mol. The van der Waals surface area contributed by atoms with Gasteiger partial charge >= 0.3 is 5.97 Å². The van der Waals surface area contributed by atoms with Gasteiger partial charge in [0.05, 0.1) is 25.2 Å². The first kappa shape index (κ1) is 14.6. The van der Waals surface area contributed by atoms with Gasteiger partial charge in [-0.25, -0.2) is 4.79 Å². The van der Waals surface area contributed by atoms with Crippen LogP contribution in [0.15, 0.2) is 35.7 Å². The van der Waals surface area contributed by atoms with Crippen molar-refractivity contribution < 1.29 is 19.1 Å². The second kappa shape index (κ2) is 6.19. The van der Waals surface area contributed by atoms with Crippen molar-refractivity contribution in [2.45, 2.75) is 12.3 Å². The molecule has 3 rings (SSSR count). The topological polar surface area (TPSA) is 64.6 Å². The van der Waals surface area contributed by atoms with Gasteiger partial charge in [0.1, 0.15) is 10.8 Å². The van der Waals surface area contributed by atoms with E-state index in [9.17, 15) is 9.59 Å². The van der Waals surface area contributed by atoms with E-state index in [1.165, 1.54) is 18.4 Å². The van der Waals surface area contributed by atoms with Crippen molar-refractivity contribution in [3.8, 4) is 5.75 Å². The number of ether oxygens (including phenoxy) is 2. The van der Waals surface area contributed by atoms with Gasteiger partial charge in [0.2, 0.25) is 5.91 Å². The van der Waals surface area contributed by atoms with Gasteiger partial charge in [0.25, 0.3) is 0 Å². The van der Waals surface area contributed by atoms with Gasteiger partial charge in [0, 0.05) is 5.56 Å². The van der Waals surface area contributed by atoms with E-state index < -0.39 is 5.97 Å². The van der Waals surface area contributed by atoms with Gasteiger partial charge in [-0.05, 0) is 23.9 Å². The maximum Gasteiger partial charge on any atom is 0.340 e. The van der Waals surface area contributed by atoms with Crippen LogP contribution in [0.5, 0.6) is 5.75 Å². The molecule has 5 nitrogen and oxygen atoms in total.